The first-order chi connectivity index (χ1) is 24.3. The van der Waals surface area contributed by atoms with Gasteiger partial charge < -0.3 is 19.1 Å². The third-order valence-electron chi connectivity index (χ3n) is 10.6. The molecule has 0 bridgehead atoms. The Morgan fingerprint density at radius 2 is 1.92 bits per heavy atom. The van der Waals surface area contributed by atoms with Crippen molar-refractivity contribution in [2.45, 2.75) is 37.6 Å². The number of halogens is 2. The molecule has 258 valence electrons. The number of carbonyl (C=O) groups excluding carboxylic acids is 1. The number of aryl methyl sites for hydroxylation is 1. The third kappa shape index (κ3) is 6.06. The lowest BCUT2D eigenvalue weighted by Gasteiger charge is -2.31. The lowest BCUT2D eigenvalue weighted by Crippen LogP contribution is -2.43. The molecule has 50 heavy (non-hydrogen) atoms. The van der Waals surface area contributed by atoms with Crippen molar-refractivity contribution in [2.75, 3.05) is 51.3 Å². The second-order valence-electron chi connectivity index (χ2n) is 14.0. The number of hydrogen-bond acceptors (Lipinski definition) is 8. The van der Waals surface area contributed by atoms with Crippen LogP contribution in [0, 0.1) is 11.7 Å². The van der Waals surface area contributed by atoms with Crippen LogP contribution >= 0.6 is 11.6 Å². The van der Waals surface area contributed by atoms with Gasteiger partial charge in [-0.1, -0.05) is 41.9 Å². The van der Waals surface area contributed by atoms with Gasteiger partial charge in [-0.3, -0.25) is 14.7 Å². The highest BCUT2D eigenvalue weighted by atomic mass is 35.5. The predicted octanol–water partition coefficient (Wildman–Crippen LogP) is 6.38. The summed E-state index contributed by atoms with van der Waals surface area (Å²) in [5.74, 6) is 0.158. The van der Waals surface area contributed by atoms with Gasteiger partial charge in [0.2, 0.25) is 5.91 Å². The summed E-state index contributed by atoms with van der Waals surface area (Å²) in [6.07, 6.45) is 13.8. The monoisotopic (exact) mass is 694 g/mol. The molecule has 1 amide bonds. The number of nitrogens with zero attached hydrogens (tertiary/aromatic N) is 8. The predicted molar refractivity (Wildman–Crippen MR) is 194 cm³/mol. The molecule has 6 heterocycles. The first-order valence-corrected chi connectivity index (χ1v) is 17.7. The number of imidazole rings is 1. The zero-order valence-electron chi connectivity index (χ0n) is 28.4. The number of benzene rings is 2. The quantitative estimate of drug-likeness (QED) is 0.164. The van der Waals surface area contributed by atoms with Crippen LogP contribution in [0.1, 0.15) is 37.8 Å². The number of hydrogen-bond donors (Lipinski definition) is 0. The highest BCUT2D eigenvalue weighted by molar-refractivity contribution is 6.36. The molecular weight excluding hydrogens is 655 g/mol. The maximum Gasteiger partial charge on any atom is 0.319 e. The molecule has 5 aromatic rings. The maximum atomic E-state index is 16.8. The van der Waals surface area contributed by atoms with Gasteiger partial charge >= 0.3 is 6.01 Å². The lowest BCUT2D eigenvalue weighted by molar-refractivity contribution is -0.125. The SMILES string of the molecule is CN(CC1CCN(C(=O)/C=C/c2cn(C)cn2)C1)c1nc(OCC23CCCN2CCC3)nc2c(F)c(-c3cccc4cccc(Cl)c34)ncc12. The number of rotatable bonds is 9. The molecule has 2 aromatic carbocycles. The Hall–Kier alpha value is -4.61. The minimum atomic E-state index is -0.546. The molecule has 3 aliphatic heterocycles. The summed E-state index contributed by atoms with van der Waals surface area (Å²) in [5.41, 5.74) is 1.65. The van der Waals surface area contributed by atoms with Crippen molar-refractivity contribution in [3.63, 3.8) is 0 Å². The smallest absolute Gasteiger partial charge is 0.319 e. The molecule has 10 nitrogen and oxygen atoms in total. The van der Waals surface area contributed by atoms with Crippen molar-refractivity contribution < 1.29 is 13.9 Å². The summed E-state index contributed by atoms with van der Waals surface area (Å²) in [5, 5.41) is 2.66. The fraction of sp³-hybridized carbons (Fsp3) is 0.395. The van der Waals surface area contributed by atoms with Gasteiger partial charge in [0.25, 0.3) is 0 Å². The molecule has 0 spiro atoms. The van der Waals surface area contributed by atoms with E-state index in [0.29, 0.717) is 48.0 Å². The third-order valence-corrected chi connectivity index (χ3v) is 11.0. The number of ether oxygens (including phenoxy) is 1. The van der Waals surface area contributed by atoms with Gasteiger partial charge in [-0.05, 0) is 68.6 Å². The molecule has 0 aliphatic carbocycles. The van der Waals surface area contributed by atoms with Crippen LogP contribution in [-0.2, 0) is 11.8 Å². The Morgan fingerprint density at radius 1 is 1.12 bits per heavy atom. The van der Waals surface area contributed by atoms with Gasteiger partial charge in [0, 0.05) is 68.2 Å². The first kappa shape index (κ1) is 32.6. The number of pyridine rings is 1. The number of likely N-dealkylation sites (tertiary alicyclic amines) is 1. The average molecular weight is 695 g/mol. The topological polar surface area (TPSA) is 92.5 Å². The molecule has 3 fully saturated rings. The molecule has 3 aromatic heterocycles. The van der Waals surface area contributed by atoms with Gasteiger partial charge in [0.15, 0.2) is 5.82 Å². The van der Waals surface area contributed by atoms with Crippen LogP contribution in [0.15, 0.2) is 61.2 Å². The molecule has 8 rings (SSSR count). The molecular formula is C38H40ClFN8O2. The van der Waals surface area contributed by atoms with E-state index in [1.807, 2.05) is 65.0 Å². The Morgan fingerprint density at radius 3 is 2.70 bits per heavy atom. The molecule has 0 N–H and O–H groups in total. The second kappa shape index (κ2) is 13.3. The standard InChI is InChI=1S/C38H40ClFN8O2/c1-45-22-27(42-24-45)11-12-31(49)47-18-13-25(21-47)20-46(2)36-29-19-41-34(28-9-3-7-26-8-4-10-30(39)32(26)28)33(40)35(29)43-37(44-36)50-23-38-14-5-16-48(38)17-6-15-38/h3-4,7-12,19,22,24-25H,5-6,13-18,20-21,23H2,1-2H3/b12-11+. The largest absolute Gasteiger partial charge is 0.461 e. The van der Waals surface area contributed by atoms with Crippen LogP contribution in [0.5, 0.6) is 6.01 Å². The molecule has 1 atom stereocenters. The molecule has 12 heteroatoms. The molecule has 0 saturated carbocycles. The van der Waals surface area contributed by atoms with Crippen molar-refractivity contribution in [2.24, 2.45) is 13.0 Å². The van der Waals surface area contributed by atoms with E-state index in [1.165, 1.54) is 0 Å². The number of amides is 1. The van der Waals surface area contributed by atoms with Gasteiger partial charge in [-0.15, -0.1) is 0 Å². The number of anilines is 1. The zero-order chi connectivity index (χ0) is 34.4. The Labute approximate surface area is 295 Å². The molecule has 3 aliphatic rings. The summed E-state index contributed by atoms with van der Waals surface area (Å²) < 4.78 is 25.0. The Bertz CT molecular complexity index is 2100. The van der Waals surface area contributed by atoms with Crippen LogP contribution in [-0.4, -0.2) is 92.1 Å². The fourth-order valence-electron chi connectivity index (χ4n) is 8.15. The zero-order valence-corrected chi connectivity index (χ0v) is 29.1. The van der Waals surface area contributed by atoms with Crippen LogP contribution in [0.3, 0.4) is 0 Å². The average Bonchev–Trinajstić information content (AvgIpc) is 3.92. The molecule has 1 unspecified atom stereocenters. The summed E-state index contributed by atoms with van der Waals surface area (Å²) in [4.78, 5) is 37.9. The van der Waals surface area contributed by atoms with E-state index in [-0.39, 0.29) is 34.6 Å². The summed E-state index contributed by atoms with van der Waals surface area (Å²) in [7, 11) is 3.84. The van der Waals surface area contributed by atoms with Crippen LogP contribution in [0.2, 0.25) is 5.02 Å². The van der Waals surface area contributed by atoms with Crippen LogP contribution < -0.4 is 9.64 Å². The van der Waals surface area contributed by atoms with E-state index in [1.54, 1.807) is 30.7 Å². The summed E-state index contributed by atoms with van der Waals surface area (Å²) in [6.45, 7) is 4.50. The molecule has 3 saturated heterocycles. The van der Waals surface area contributed by atoms with Crippen molar-refractivity contribution in [1.82, 2.24) is 34.3 Å². The van der Waals surface area contributed by atoms with Crippen LogP contribution in [0.25, 0.3) is 39.0 Å². The van der Waals surface area contributed by atoms with E-state index >= 15 is 4.39 Å². The normalized spacial score (nSPS) is 18.9. The van der Waals surface area contributed by atoms with E-state index in [4.69, 9.17) is 26.3 Å². The fourth-order valence-corrected chi connectivity index (χ4v) is 8.44. The van der Waals surface area contributed by atoms with Crippen molar-refractivity contribution in [3.8, 4) is 17.3 Å². The Balaban J connectivity index is 1.10. The molecule has 0 radical (unpaired) electrons. The Kier molecular flexibility index (Phi) is 8.64. The van der Waals surface area contributed by atoms with Gasteiger partial charge in [0.1, 0.15) is 23.6 Å². The second-order valence-corrected chi connectivity index (χ2v) is 14.4. The number of fused-ring (bicyclic) bond motifs is 3. The van der Waals surface area contributed by atoms with Crippen molar-refractivity contribution in [1.29, 1.82) is 0 Å². The van der Waals surface area contributed by atoms with E-state index in [9.17, 15) is 4.79 Å². The number of carbonyl (C=O) groups is 1. The minimum Gasteiger partial charge on any atom is -0.461 e. The first-order valence-electron chi connectivity index (χ1n) is 17.4. The van der Waals surface area contributed by atoms with E-state index in [2.05, 4.69) is 14.9 Å². The van der Waals surface area contributed by atoms with E-state index in [0.717, 1.165) is 61.7 Å². The van der Waals surface area contributed by atoms with Crippen LogP contribution in [0.4, 0.5) is 10.2 Å². The summed E-state index contributed by atoms with van der Waals surface area (Å²) in [6, 6.07) is 11.5. The summed E-state index contributed by atoms with van der Waals surface area (Å²) >= 11 is 6.64. The lowest BCUT2D eigenvalue weighted by atomic mass is 9.95. The highest BCUT2D eigenvalue weighted by Gasteiger charge is 2.45. The van der Waals surface area contributed by atoms with Gasteiger partial charge in [-0.25, -0.2) is 9.37 Å². The maximum absolute atomic E-state index is 16.8. The number of aromatic nitrogens is 5. The minimum absolute atomic E-state index is 0.0170. The van der Waals surface area contributed by atoms with Crippen molar-refractivity contribution >= 4 is 51.1 Å². The van der Waals surface area contributed by atoms with Gasteiger partial charge in [-0.2, -0.15) is 9.97 Å². The van der Waals surface area contributed by atoms with Gasteiger partial charge in [0.05, 0.1) is 22.9 Å². The van der Waals surface area contributed by atoms with E-state index < -0.39 is 5.82 Å². The van der Waals surface area contributed by atoms with Crippen molar-refractivity contribution in [3.05, 3.63) is 77.7 Å². The highest BCUT2D eigenvalue weighted by Crippen LogP contribution is 2.40.